The number of hydrogen-bond donors (Lipinski definition) is 0. The van der Waals surface area contributed by atoms with Crippen LogP contribution >= 0.6 is 0 Å². The van der Waals surface area contributed by atoms with Gasteiger partial charge in [0.2, 0.25) is 0 Å². The van der Waals surface area contributed by atoms with Gasteiger partial charge in [0, 0.05) is 0 Å². The van der Waals surface area contributed by atoms with Crippen molar-refractivity contribution in [1.29, 1.82) is 5.26 Å². The van der Waals surface area contributed by atoms with E-state index in [1.165, 1.54) is 0 Å². The molecule has 1 rings (SSSR count). The third kappa shape index (κ3) is 2.08. The molecule has 0 N–H and O–H groups in total. The van der Waals surface area contributed by atoms with Crippen molar-refractivity contribution in [3.63, 3.8) is 0 Å². The largest absolute Gasteiger partial charge is 0.419 e. The fourth-order valence-electron chi connectivity index (χ4n) is 1.09. The lowest BCUT2D eigenvalue weighted by atomic mass is 10.1. The standard InChI is InChI=1S/C8H2F6N2/c9-3-2-16-4(1-15)5(7(10)11)6(3)8(12,13)14/h2,7H. The Hall–Kier alpha value is -1.78. The molecule has 0 spiro atoms. The molecule has 0 unspecified atom stereocenters. The molecular weight excluding hydrogens is 238 g/mol. The molecule has 0 amide bonds. The average Bonchev–Trinajstić information content (AvgIpc) is 2.15. The highest BCUT2D eigenvalue weighted by Crippen LogP contribution is 2.38. The van der Waals surface area contributed by atoms with Crippen LogP contribution in [0.25, 0.3) is 0 Å². The summed E-state index contributed by atoms with van der Waals surface area (Å²) in [7, 11) is 0. The lowest BCUT2D eigenvalue weighted by Gasteiger charge is -2.13. The fourth-order valence-corrected chi connectivity index (χ4v) is 1.09. The third-order valence-electron chi connectivity index (χ3n) is 1.68. The van der Waals surface area contributed by atoms with E-state index in [-0.39, 0.29) is 6.20 Å². The third-order valence-corrected chi connectivity index (χ3v) is 1.68. The summed E-state index contributed by atoms with van der Waals surface area (Å²) in [6.45, 7) is 0. The zero-order valence-electron chi connectivity index (χ0n) is 7.32. The van der Waals surface area contributed by atoms with E-state index in [0.717, 1.165) is 6.07 Å². The fraction of sp³-hybridized carbons (Fsp3) is 0.250. The normalized spacial score (nSPS) is 11.6. The van der Waals surface area contributed by atoms with Crippen LogP contribution in [-0.2, 0) is 6.18 Å². The van der Waals surface area contributed by atoms with Gasteiger partial charge in [-0.15, -0.1) is 0 Å². The van der Waals surface area contributed by atoms with Crippen molar-refractivity contribution >= 4 is 0 Å². The van der Waals surface area contributed by atoms with Gasteiger partial charge in [-0.1, -0.05) is 0 Å². The maximum atomic E-state index is 12.8. The number of nitriles is 1. The second kappa shape index (κ2) is 4.00. The number of halogens is 6. The Morgan fingerprint density at radius 2 is 1.88 bits per heavy atom. The Bertz CT molecular complexity index is 445. The second-order valence-corrected chi connectivity index (χ2v) is 2.65. The molecule has 1 aromatic rings. The van der Waals surface area contributed by atoms with Crippen LogP contribution in [-0.4, -0.2) is 4.98 Å². The van der Waals surface area contributed by atoms with E-state index in [9.17, 15) is 26.3 Å². The minimum Gasteiger partial charge on any atom is -0.242 e. The summed E-state index contributed by atoms with van der Waals surface area (Å²) in [5.74, 6) is -1.93. The summed E-state index contributed by atoms with van der Waals surface area (Å²) in [5.41, 5.74) is -5.01. The SMILES string of the molecule is N#Cc1ncc(F)c(C(F)(F)F)c1C(F)F. The van der Waals surface area contributed by atoms with Crippen LogP contribution in [0.15, 0.2) is 6.20 Å². The van der Waals surface area contributed by atoms with Gasteiger partial charge in [-0.3, -0.25) is 0 Å². The molecule has 0 aliphatic heterocycles. The summed E-state index contributed by atoms with van der Waals surface area (Å²) in [6.07, 6.45) is -8.84. The molecule has 0 fully saturated rings. The number of hydrogen-bond acceptors (Lipinski definition) is 2. The lowest BCUT2D eigenvalue weighted by molar-refractivity contribution is -0.142. The topological polar surface area (TPSA) is 36.7 Å². The number of pyridine rings is 1. The van der Waals surface area contributed by atoms with Crippen LogP contribution in [0.2, 0.25) is 0 Å². The van der Waals surface area contributed by atoms with Crippen molar-refractivity contribution in [2.24, 2.45) is 0 Å². The summed E-state index contributed by atoms with van der Waals surface area (Å²) < 4.78 is 74.3. The van der Waals surface area contributed by atoms with Crippen molar-refractivity contribution in [1.82, 2.24) is 4.98 Å². The average molecular weight is 240 g/mol. The minimum absolute atomic E-state index is 0.0905. The molecule has 0 saturated heterocycles. The maximum Gasteiger partial charge on any atom is 0.419 e. The predicted octanol–water partition coefficient (Wildman–Crippen LogP) is 3.05. The van der Waals surface area contributed by atoms with E-state index in [0.29, 0.717) is 0 Å². The van der Waals surface area contributed by atoms with Gasteiger partial charge in [0.25, 0.3) is 6.43 Å². The van der Waals surface area contributed by atoms with Gasteiger partial charge >= 0.3 is 6.18 Å². The second-order valence-electron chi connectivity index (χ2n) is 2.65. The van der Waals surface area contributed by atoms with Gasteiger partial charge in [-0.25, -0.2) is 18.2 Å². The molecule has 8 heteroatoms. The highest BCUT2D eigenvalue weighted by Gasteiger charge is 2.41. The van der Waals surface area contributed by atoms with Gasteiger partial charge in [0.15, 0.2) is 5.82 Å². The molecule has 0 bridgehead atoms. The van der Waals surface area contributed by atoms with Crippen LogP contribution in [0, 0.1) is 17.1 Å². The molecule has 0 atom stereocenters. The molecule has 1 heterocycles. The van der Waals surface area contributed by atoms with Crippen LogP contribution in [0.5, 0.6) is 0 Å². The Morgan fingerprint density at radius 3 is 2.25 bits per heavy atom. The van der Waals surface area contributed by atoms with E-state index >= 15 is 0 Å². The number of aromatic nitrogens is 1. The summed E-state index contributed by atoms with van der Waals surface area (Å²) in [4.78, 5) is 2.88. The monoisotopic (exact) mass is 240 g/mol. The Labute approximate surface area is 85.1 Å². The minimum atomic E-state index is -5.30. The molecule has 2 nitrogen and oxygen atoms in total. The Kier molecular flexibility index (Phi) is 3.07. The molecule has 0 aromatic carbocycles. The van der Waals surface area contributed by atoms with Crippen molar-refractivity contribution in [3.8, 4) is 6.07 Å². The predicted molar refractivity (Wildman–Crippen MR) is 38.9 cm³/mol. The van der Waals surface area contributed by atoms with Crippen LogP contribution < -0.4 is 0 Å². The highest BCUT2D eigenvalue weighted by atomic mass is 19.4. The highest BCUT2D eigenvalue weighted by molar-refractivity contribution is 5.40. The zero-order chi connectivity index (χ0) is 12.5. The first-order valence-electron chi connectivity index (χ1n) is 3.73. The summed E-state index contributed by atoms with van der Waals surface area (Å²) >= 11 is 0. The smallest absolute Gasteiger partial charge is 0.242 e. The van der Waals surface area contributed by atoms with Crippen molar-refractivity contribution in [3.05, 3.63) is 28.8 Å². The molecular formula is C8H2F6N2. The number of alkyl halides is 5. The Morgan fingerprint density at radius 1 is 1.31 bits per heavy atom. The van der Waals surface area contributed by atoms with Crippen LogP contribution in [0.4, 0.5) is 26.3 Å². The molecule has 16 heavy (non-hydrogen) atoms. The first-order chi connectivity index (χ1) is 7.29. The number of nitrogens with zero attached hydrogens (tertiary/aromatic N) is 2. The Balaban J connectivity index is 3.63. The van der Waals surface area contributed by atoms with Gasteiger partial charge in [-0.2, -0.15) is 18.4 Å². The van der Waals surface area contributed by atoms with E-state index < -0.39 is 35.2 Å². The molecule has 0 aliphatic rings. The van der Waals surface area contributed by atoms with E-state index in [1.807, 2.05) is 0 Å². The molecule has 0 radical (unpaired) electrons. The number of rotatable bonds is 1. The summed E-state index contributed by atoms with van der Waals surface area (Å²) in [6, 6.07) is 1.06. The van der Waals surface area contributed by atoms with Crippen molar-refractivity contribution < 1.29 is 26.3 Å². The van der Waals surface area contributed by atoms with Gasteiger partial charge in [0.1, 0.15) is 17.3 Å². The molecule has 0 aliphatic carbocycles. The van der Waals surface area contributed by atoms with E-state index in [4.69, 9.17) is 5.26 Å². The van der Waals surface area contributed by atoms with E-state index in [1.54, 1.807) is 0 Å². The van der Waals surface area contributed by atoms with E-state index in [2.05, 4.69) is 4.98 Å². The van der Waals surface area contributed by atoms with Gasteiger partial charge < -0.3 is 0 Å². The van der Waals surface area contributed by atoms with Gasteiger partial charge in [-0.05, 0) is 0 Å². The maximum absolute atomic E-state index is 12.8. The van der Waals surface area contributed by atoms with Crippen molar-refractivity contribution in [2.45, 2.75) is 12.6 Å². The molecule has 86 valence electrons. The molecule has 0 saturated carbocycles. The van der Waals surface area contributed by atoms with Crippen LogP contribution in [0.3, 0.4) is 0 Å². The first kappa shape index (κ1) is 12.3. The molecule has 1 aromatic heterocycles. The zero-order valence-corrected chi connectivity index (χ0v) is 7.32. The lowest BCUT2D eigenvalue weighted by Crippen LogP contribution is -2.15. The summed E-state index contributed by atoms with van der Waals surface area (Å²) in [5, 5.41) is 8.31. The van der Waals surface area contributed by atoms with Gasteiger partial charge in [0.05, 0.1) is 11.8 Å². The van der Waals surface area contributed by atoms with Crippen LogP contribution in [0.1, 0.15) is 23.2 Å². The van der Waals surface area contributed by atoms with Crippen molar-refractivity contribution in [2.75, 3.05) is 0 Å². The quantitative estimate of drug-likeness (QED) is 0.707. The first-order valence-corrected chi connectivity index (χ1v) is 3.73.